The molecule has 2 aromatic heterocycles. The van der Waals surface area contributed by atoms with Crippen molar-refractivity contribution >= 4 is 16.8 Å². The maximum Gasteiger partial charge on any atom is 0.254 e. The lowest BCUT2D eigenvalue weighted by atomic mass is 10.0. The Morgan fingerprint density at radius 1 is 1.33 bits per heavy atom. The van der Waals surface area contributed by atoms with E-state index in [1.807, 2.05) is 47.0 Å². The molecule has 142 valence electrons. The number of ether oxygens (including phenoxy) is 1. The normalized spacial score (nSPS) is 17.6. The summed E-state index contributed by atoms with van der Waals surface area (Å²) in [7, 11) is 3.63. The number of fused-ring (bicyclic) bond motifs is 1. The largest absolute Gasteiger partial charge is 0.384 e. The van der Waals surface area contributed by atoms with E-state index in [-0.39, 0.29) is 11.9 Å². The number of piperidine rings is 1. The topological polar surface area (TPSA) is 73.4 Å². The van der Waals surface area contributed by atoms with E-state index in [9.17, 15) is 4.79 Å². The number of likely N-dealkylation sites (tertiary alicyclic amines) is 1. The summed E-state index contributed by atoms with van der Waals surface area (Å²) in [4.78, 5) is 19.6. The highest BCUT2D eigenvalue weighted by molar-refractivity contribution is 5.98. The quantitative estimate of drug-likeness (QED) is 0.692. The van der Waals surface area contributed by atoms with Gasteiger partial charge in [-0.2, -0.15) is 4.98 Å². The van der Waals surface area contributed by atoms with Crippen LogP contribution in [0.4, 0.5) is 0 Å². The molecule has 1 fully saturated rings. The van der Waals surface area contributed by atoms with Crippen LogP contribution in [0.1, 0.15) is 47.4 Å². The van der Waals surface area contributed by atoms with Crippen molar-refractivity contribution in [2.24, 2.45) is 7.05 Å². The van der Waals surface area contributed by atoms with Gasteiger partial charge in [-0.15, -0.1) is 0 Å². The summed E-state index contributed by atoms with van der Waals surface area (Å²) in [5.41, 5.74) is 1.74. The second-order valence-corrected chi connectivity index (χ2v) is 7.00. The maximum atomic E-state index is 13.2. The van der Waals surface area contributed by atoms with Gasteiger partial charge in [0.2, 0.25) is 5.89 Å². The second-order valence-electron chi connectivity index (χ2n) is 7.00. The SMILES string of the molecule is COCCc1noc([C@@H]2CCCCN2C(=O)c2ccc3ccn(C)c3c2)n1. The highest BCUT2D eigenvalue weighted by Crippen LogP contribution is 2.31. The molecule has 0 aliphatic carbocycles. The predicted molar refractivity (Wildman–Crippen MR) is 100 cm³/mol. The number of aromatic nitrogens is 3. The van der Waals surface area contributed by atoms with Crippen LogP contribution >= 0.6 is 0 Å². The van der Waals surface area contributed by atoms with Crippen LogP contribution in [0.15, 0.2) is 35.0 Å². The average molecular weight is 368 g/mol. The molecule has 1 aliphatic rings. The summed E-state index contributed by atoms with van der Waals surface area (Å²) in [5.74, 6) is 1.16. The zero-order valence-corrected chi connectivity index (χ0v) is 15.7. The molecule has 1 aliphatic heterocycles. The van der Waals surface area contributed by atoms with Crippen molar-refractivity contribution in [2.45, 2.75) is 31.7 Å². The van der Waals surface area contributed by atoms with Gasteiger partial charge >= 0.3 is 0 Å². The van der Waals surface area contributed by atoms with Crippen LogP contribution in [-0.4, -0.2) is 45.8 Å². The van der Waals surface area contributed by atoms with E-state index in [0.717, 1.165) is 30.2 Å². The fraction of sp³-hybridized carbons (Fsp3) is 0.450. The Bertz CT molecular complexity index is 946. The number of nitrogens with zero attached hydrogens (tertiary/aromatic N) is 4. The van der Waals surface area contributed by atoms with Crippen molar-refractivity contribution in [2.75, 3.05) is 20.3 Å². The molecule has 1 aromatic carbocycles. The summed E-state index contributed by atoms with van der Waals surface area (Å²) in [5, 5.41) is 5.16. The second kappa shape index (κ2) is 7.52. The molecule has 0 N–H and O–H groups in total. The molecule has 0 radical (unpaired) electrons. The Labute approximate surface area is 157 Å². The number of aryl methyl sites for hydroxylation is 1. The van der Waals surface area contributed by atoms with Gasteiger partial charge in [-0.1, -0.05) is 11.2 Å². The van der Waals surface area contributed by atoms with Gasteiger partial charge in [0.15, 0.2) is 5.82 Å². The lowest BCUT2D eigenvalue weighted by Gasteiger charge is -2.33. The minimum atomic E-state index is -0.167. The standard InChI is InChI=1S/C20H24N4O3/c1-23-11-8-14-6-7-15(13-17(14)23)20(25)24-10-4-3-5-16(24)19-21-18(22-27-19)9-12-26-2/h6-8,11,13,16H,3-5,9-10,12H2,1-2H3/t16-/m0/s1. The van der Waals surface area contributed by atoms with Crippen molar-refractivity contribution < 1.29 is 14.1 Å². The van der Waals surface area contributed by atoms with Crippen molar-refractivity contribution in [1.29, 1.82) is 0 Å². The smallest absolute Gasteiger partial charge is 0.254 e. The number of carbonyl (C=O) groups is 1. The van der Waals surface area contributed by atoms with E-state index < -0.39 is 0 Å². The summed E-state index contributed by atoms with van der Waals surface area (Å²) in [6, 6.07) is 7.73. The van der Waals surface area contributed by atoms with E-state index >= 15 is 0 Å². The number of carbonyl (C=O) groups excluding carboxylic acids is 1. The molecule has 1 saturated heterocycles. The van der Waals surface area contributed by atoms with E-state index in [4.69, 9.17) is 9.26 Å². The molecule has 1 atom stereocenters. The molecule has 3 heterocycles. The molecule has 3 aromatic rings. The fourth-order valence-electron chi connectivity index (χ4n) is 3.69. The van der Waals surface area contributed by atoms with Gasteiger partial charge in [0.1, 0.15) is 6.04 Å². The van der Waals surface area contributed by atoms with E-state index in [2.05, 4.69) is 10.1 Å². The number of methoxy groups -OCH3 is 1. The van der Waals surface area contributed by atoms with Crippen LogP contribution in [0, 0.1) is 0 Å². The highest BCUT2D eigenvalue weighted by Gasteiger charge is 2.32. The summed E-state index contributed by atoms with van der Waals surface area (Å²) in [6.45, 7) is 1.24. The summed E-state index contributed by atoms with van der Waals surface area (Å²) >= 11 is 0. The molecular formula is C20H24N4O3. The van der Waals surface area contributed by atoms with E-state index in [0.29, 0.717) is 36.9 Å². The van der Waals surface area contributed by atoms with Crippen LogP contribution in [0.25, 0.3) is 10.9 Å². The maximum absolute atomic E-state index is 13.2. The summed E-state index contributed by atoms with van der Waals surface area (Å²) < 4.78 is 12.6. The third-order valence-corrected chi connectivity index (χ3v) is 5.20. The first kappa shape index (κ1) is 17.7. The van der Waals surface area contributed by atoms with Crippen molar-refractivity contribution in [3.05, 3.63) is 47.7 Å². The van der Waals surface area contributed by atoms with Crippen LogP contribution in [0.5, 0.6) is 0 Å². The zero-order valence-electron chi connectivity index (χ0n) is 15.7. The Balaban J connectivity index is 1.60. The third kappa shape index (κ3) is 3.47. The van der Waals surface area contributed by atoms with Crippen molar-refractivity contribution in [1.82, 2.24) is 19.6 Å². The zero-order chi connectivity index (χ0) is 18.8. The van der Waals surface area contributed by atoms with Gasteiger partial charge in [-0.3, -0.25) is 4.79 Å². The van der Waals surface area contributed by atoms with Crippen LogP contribution in [0.3, 0.4) is 0 Å². The predicted octanol–water partition coefficient (Wildman–Crippen LogP) is 3.12. The molecule has 1 amide bonds. The monoisotopic (exact) mass is 368 g/mol. The van der Waals surface area contributed by atoms with E-state index in [1.165, 1.54) is 0 Å². The van der Waals surface area contributed by atoms with Crippen molar-refractivity contribution in [3.8, 4) is 0 Å². The number of hydrogen-bond donors (Lipinski definition) is 0. The minimum absolute atomic E-state index is 0.0134. The van der Waals surface area contributed by atoms with Gasteiger partial charge in [-0.05, 0) is 42.8 Å². The van der Waals surface area contributed by atoms with Gasteiger partial charge < -0.3 is 18.7 Å². The third-order valence-electron chi connectivity index (χ3n) is 5.20. The number of amides is 1. The van der Waals surface area contributed by atoms with Crippen LogP contribution < -0.4 is 0 Å². The first-order chi connectivity index (χ1) is 13.2. The molecule has 7 nitrogen and oxygen atoms in total. The molecule has 0 spiro atoms. The van der Waals surface area contributed by atoms with Gasteiger partial charge in [-0.25, -0.2) is 0 Å². The van der Waals surface area contributed by atoms with Crippen LogP contribution in [0.2, 0.25) is 0 Å². The lowest BCUT2D eigenvalue weighted by Crippen LogP contribution is -2.38. The molecule has 0 unspecified atom stereocenters. The Hall–Kier alpha value is -2.67. The summed E-state index contributed by atoms with van der Waals surface area (Å²) in [6.07, 6.45) is 5.47. The van der Waals surface area contributed by atoms with Gasteiger partial charge in [0.25, 0.3) is 5.91 Å². The Morgan fingerprint density at radius 3 is 3.07 bits per heavy atom. The van der Waals surface area contributed by atoms with Gasteiger partial charge in [0, 0.05) is 44.4 Å². The first-order valence-electron chi connectivity index (χ1n) is 9.35. The average Bonchev–Trinajstić information content (AvgIpc) is 3.32. The molecule has 0 saturated carbocycles. The fourth-order valence-corrected chi connectivity index (χ4v) is 3.69. The Kier molecular flexibility index (Phi) is 4.94. The lowest BCUT2D eigenvalue weighted by molar-refractivity contribution is 0.0561. The number of benzene rings is 1. The van der Waals surface area contributed by atoms with Gasteiger partial charge in [0.05, 0.1) is 6.61 Å². The van der Waals surface area contributed by atoms with Crippen molar-refractivity contribution in [3.63, 3.8) is 0 Å². The number of rotatable bonds is 5. The van der Waals surface area contributed by atoms with E-state index in [1.54, 1.807) is 7.11 Å². The first-order valence-corrected chi connectivity index (χ1v) is 9.35. The minimum Gasteiger partial charge on any atom is -0.384 e. The molecule has 4 rings (SSSR count). The number of hydrogen-bond acceptors (Lipinski definition) is 5. The van der Waals surface area contributed by atoms with Crippen LogP contribution in [-0.2, 0) is 18.2 Å². The Morgan fingerprint density at radius 2 is 2.22 bits per heavy atom. The molecule has 27 heavy (non-hydrogen) atoms. The molecule has 7 heteroatoms. The molecule has 0 bridgehead atoms. The molecular weight excluding hydrogens is 344 g/mol. The highest BCUT2D eigenvalue weighted by atomic mass is 16.5.